The second kappa shape index (κ2) is 6.15. The summed E-state index contributed by atoms with van der Waals surface area (Å²) in [5.41, 5.74) is 0.924. The Labute approximate surface area is 111 Å². The molecule has 1 aromatic heterocycles. The summed E-state index contributed by atoms with van der Waals surface area (Å²) >= 11 is 0. The van der Waals surface area contributed by atoms with Crippen LogP contribution in [0.15, 0.2) is 40.8 Å². The Hall–Kier alpha value is -2.14. The molecule has 0 amide bonds. The van der Waals surface area contributed by atoms with Crippen molar-refractivity contribution in [3.05, 3.63) is 52.3 Å². The molecular weight excluding hydrogens is 244 g/mol. The topological polar surface area (TPSA) is 68.3 Å². The van der Waals surface area contributed by atoms with Crippen LogP contribution in [0, 0.1) is 10.1 Å². The fourth-order valence-electron chi connectivity index (χ4n) is 1.76. The number of nitrogens with zero attached hydrogens (tertiary/aromatic N) is 1. The monoisotopic (exact) mass is 260 g/mol. The molecule has 100 valence electrons. The van der Waals surface area contributed by atoms with Crippen molar-refractivity contribution in [3.8, 4) is 11.3 Å². The van der Waals surface area contributed by atoms with E-state index in [2.05, 4.69) is 12.2 Å². The molecule has 0 saturated carbocycles. The number of rotatable bonds is 6. The highest BCUT2D eigenvalue weighted by molar-refractivity contribution is 5.59. The summed E-state index contributed by atoms with van der Waals surface area (Å²) in [7, 11) is 0. The lowest BCUT2D eigenvalue weighted by Gasteiger charge is -2.00. The Kier molecular flexibility index (Phi) is 4.30. The van der Waals surface area contributed by atoms with Crippen LogP contribution >= 0.6 is 0 Å². The molecule has 2 aromatic rings. The van der Waals surface area contributed by atoms with Crippen molar-refractivity contribution in [2.24, 2.45) is 0 Å². The molecule has 0 aliphatic heterocycles. The molecule has 0 saturated heterocycles. The van der Waals surface area contributed by atoms with Gasteiger partial charge in [0.05, 0.1) is 11.5 Å². The number of nitro groups is 1. The molecule has 0 radical (unpaired) electrons. The summed E-state index contributed by atoms with van der Waals surface area (Å²) in [5, 5.41) is 13.8. The van der Waals surface area contributed by atoms with Crippen LogP contribution in [0.3, 0.4) is 0 Å². The predicted molar refractivity (Wildman–Crippen MR) is 72.8 cm³/mol. The van der Waals surface area contributed by atoms with E-state index in [4.69, 9.17) is 4.42 Å². The van der Waals surface area contributed by atoms with E-state index in [-0.39, 0.29) is 5.69 Å². The quantitative estimate of drug-likeness (QED) is 0.491. The van der Waals surface area contributed by atoms with Crippen LogP contribution in [0.4, 0.5) is 5.69 Å². The van der Waals surface area contributed by atoms with Gasteiger partial charge in [-0.2, -0.15) is 0 Å². The third-order valence-electron chi connectivity index (χ3n) is 2.75. The van der Waals surface area contributed by atoms with Gasteiger partial charge in [-0.15, -0.1) is 0 Å². The molecule has 2 rings (SSSR count). The van der Waals surface area contributed by atoms with Crippen LogP contribution in [0.1, 0.15) is 19.1 Å². The highest BCUT2D eigenvalue weighted by atomic mass is 16.6. The Morgan fingerprint density at radius 1 is 1.21 bits per heavy atom. The Morgan fingerprint density at radius 2 is 1.95 bits per heavy atom. The van der Waals surface area contributed by atoms with E-state index in [9.17, 15) is 10.1 Å². The summed E-state index contributed by atoms with van der Waals surface area (Å²) < 4.78 is 5.68. The molecule has 1 aromatic carbocycles. The summed E-state index contributed by atoms with van der Waals surface area (Å²) in [6, 6.07) is 10.1. The van der Waals surface area contributed by atoms with Crippen molar-refractivity contribution in [2.45, 2.75) is 19.9 Å². The molecule has 0 spiro atoms. The first-order valence-corrected chi connectivity index (χ1v) is 6.25. The van der Waals surface area contributed by atoms with Gasteiger partial charge in [0.15, 0.2) is 0 Å². The smallest absolute Gasteiger partial charge is 0.269 e. The van der Waals surface area contributed by atoms with Gasteiger partial charge in [-0.25, -0.2) is 0 Å². The van der Waals surface area contributed by atoms with Crippen molar-refractivity contribution < 1.29 is 9.34 Å². The van der Waals surface area contributed by atoms with Gasteiger partial charge in [0.25, 0.3) is 5.69 Å². The van der Waals surface area contributed by atoms with Gasteiger partial charge in [0.1, 0.15) is 11.5 Å². The Balaban J connectivity index is 2.07. The standard InChI is InChI=1S/C14H16N2O3/c1-2-9-15-10-13-7-8-14(19-13)11-3-5-12(6-4-11)16(17)18/h3-8,15H,2,9-10H2,1H3. The fourth-order valence-corrected chi connectivity index (χ4v) is 1.76. The number of nitro benzene ring substituents is 1. The molecule has 0 unspecified atom stereocenters. The molecule has 0 aliphatic rings. The molecule has 5 heteroatoms. The van der Waals surface area contributed by atoms with Crippen molar-refractivity contribution in [1.29, 1.82) is 0 Å². The molecule has 5 nitrogen and oxygen atoms in total. The minimum Gasteiger partial charge on any atom is -0.460 e. The van der Waals surface area contributed by atoms with Crippen LogP contribution in [-0.2, 0) is 6.54 Å². The number of non-ortho nitro benzene ring substituents is 1. The van der Waals surface area contributed by atoms with Gasteiger partial charge in [0.2, 0.25) is 0 Å². The van der Waals surface area contributed by atoms with E-state index < -0.39 is 4.92 Å². The normalized spacial score (nSPS) is 10.6. The highest BCUT2D eigenvalue weighted by Crippen LogP contribution is 2.24. The predicted octanol–water partition coefficient (Wildman–Crippen LogP) is 3.35. The molecule has 19 heavy (non-hydrogen) atoms. The van der Waals surface area contributed by atoms with E-state index in [1.54, 1.807) is 12.1 Å². The number of benzene rings is 1. The van der Waals surface area contributed by atoms with Crippen LogP contribution in [0.5, 0.6) is 0 Å². The number of hydrogen-bond donors (Lipinski definition) is 1. The maximum Gasteiger partial charge on any atom is 0.269 e. The second-order valence-electron chi connectivity index (χ2n) is 4.25. The zero-order chi connectivity index (χ0) is 13.7. The minimum atomic E-state index is -0.411. The lowest BCUT2D eigenvalue weighted by Crippen LogP contribution is -2.12. The molecular formula is C14H16N2O3. The zero-order valence-electron chi connectivity index (χ0n) is 10.8. The first kappa shape index (κ1) is 13.3. The van der Waals surface area contributed by atoms with Gasteiger partial charge >= 0.3 is 0 Å². The summed E-state index contributed by atoms with van der Waals surface area (Å²) in [4.78, 5) is 10.2. The van der Waals surface area contributed by atoms with Crippen LogP contribution in [-0.4, -0.2) is 11.5 Å². The number of nitrogens with one attached hydrogen (secondary N) is 1. The van der Waals surface area contributed by atoms with Gasteiger partial charge in [-0.1, -0.05) is 6.92 Å². The van der Waals surface area contributed by atoms with Crippen molar-refractivity contribution in [3.63, 3.8) is 0 Å². The van der Waals surface area contributed by atoms with Crippen LogP contribution in [0.2, 0.25) is 0 Å². The van der Waals surface area contributed by atoms with Crippen LogP contribution < -0.4 is 5.32 Å². The van der Waals surface area contributed by atoms with Gasteiger partial charge in [-0.3, -0.25) is 10.1 Å². The van der Waals surface area contributed by atoms with Crippen LogP contribution in [0.25, 0.3) is 11.3 Å². The third kappa shape index (κ3) is 3.42. The SMILES string of the molecule is CCCNCc1ccc(-c2ccc([N+](=O)[O-])cc2)o1. The fraction of sp³-hybridized carbons (Fsp3) is 0.286. The maximum absolute atomic E-state index is 10.6. The highest BCUT2D eigenvalue weighted by Gasteiger charge is 2.08. The van der Waals surface area contributed by atoms with Crippen molar-refractivity contribution in [1.82, 2.24) is 5.32 Å². The van der Waals surface area contributed by atoms with Gasteiger partial charge in [-0.05, 0) is 37.2 Å². The Bertz CT molecular complexity index is 546. The third-order valence-corrected chi connectivity index (χ3v) is 2.75. The summed E-state index contributed by atoms with van der Waals surface area (Å²) in [5.74, 6) is 1.59. The van der Waals surface area contributed by atoms with Gasteiger partial charge < -0.3 is 9.73 Å². The minimum absolute atomic E-state index is 0.0835. The molecule has 0 aliphatic carbocycles. The number of furan rings is 1. The van der Waals surface area contributed by atoms with Crippen molar-refractivity contribution in [2.75, 3.05) is 6.54 Å². The van der Waals surface area contributed by atoms with Crippen molar-refractivity contribution >= 4 is 5.69 Å². The van der Waals surface area contributed by atoms with Gasteiger partial charge in [0, 0.05) is 17.7 Å². The first-order chi connectivity index (χ1) is 9.20. The Morgan fingerprint density at radius 3 is 2.58 bits per heavy atom. The molecule has 1 heterocycles. The largest absolute Gasteiger partial charge is 0.460 e. The first-order valence-electron chi connectivity index (χ1n) is 6.25. The molecule has 0 atom stereocenters. The molecule has 0 bridgehead atoms. The molecule has 1 N–H and O–H groups in total. The zero-order valence-corrected chi connectivity index (χ0v) is 10.8. The lowest BCUT2D eigenvalue weighted by atomic mass is 10.1. The number of hydrogen-bond acceptors (Lipinski definition) is 4. The van der Waals surface area contributed by atoms with E-state index in [1.807, 2.05) is 12.1 Å². The lowest BCUT2D eigenvalue weighted by molar-refractivity contribution is -0.384. The second-order valence-corrected chi connectivity index (χ2v) is 4.25. The summed E-state index contributed by atoms with van der Waals surface area (Å²) in [6.07, 6.45) is 1.08. The average molecular weight is 260 g/mol. The van der Waals surface area contributed by atoms with E-state index >= 15 is 0 Å². The maximum atomic E-state index is 10.6. The van der Waals surface area contributed by atoms with E-state index in [0.29, 0.717) is 6.54 Å². The average Bonchev–Trinajstić information content (AvgIpc) is 2.88. The molecule has 0 fully saturated rings. The summed E-state index contributed by atoms with van der Waals surface area (Å²) in [6.45, 7) is 3.76. The van der Waals surface area contributed by atoms with E-state index in [1.165, 1.54) is 12.1 Å². The van der Waals surface area contributed by atoms with E-state index in [0.717, 1.165) is 30.0 Å².